The van der Waals surface area contributed by atoms with Crippen molar-refractivity contribution in [1.82, 2.24) is 0 Å². The third kappa shape index (κ3) is 3.79. The van der Waals surface area contributed by atoms with Crippen LogP contribution in [-0.4, -0.2) is 18.2 Å². The first-order valence-electron chi connectivity index (χ1n) is 6.33. The van der Waals surface area contributed by atoms with Crippen LogP contribution in [0.5, 0.6) is 5.75 Å². The van der Waals surface area contributed by atoms with Crippen LogP contribution < -0.4 is 4.74 Å². The molecule has 0 spiro atoms. The van der Waals surface area contributed by atoms with Crippen LogP contribution in [0.3, 0.4) is 0 Å². The fourth-order valence-corrected chi connectivity index (χ4v) is 1.90. The van der Waals surface area contributed by atoms with Crippen LogP contribution in [0.2, 0.25) is 0 Å². The first kappa shape index (κ1) is 15.0. The maximum absolute atomic E-state index is 13.9. The predicted octanol–water partition coefficient (Wildman–Crippen LogP) is 3.25. The van der Waals surface area contributed by atoms with Gasteiger partial charge >= 0.3 is 5.97 Å². The Kier molecular flexibility index (Phi) is 4.90. The molecule has 1 N–H and O–H groups in total. The lowest BCUT2D eigenvalue weighted by Crippen LogP contribution is -2.05. The summed E-state index contributed by atoms with van der Waals surface area (Å²) < 4.78 is 24.4. The van der Waals surface area contributed by atoms with Gasteiger partial charge in [-0.15, -0.1) is 0 Å². The summed E-state index contributed by atoms with van der Waals surface area (Å²) in [6, 6.07) is 11.6. The Bertz CT molecular complexity index is 640. The van der Waals surface area contributed by atoms with Crippen LogP contribution in [0.4, 0.5) is 4.39 Å². The molecule has 0 aliphatic heterocycles. The highest BCUT2D eigenvalue weighted by atomic mass is 19.1. The second kappa shape index (κ2) is 6.85. The standard InChI is InChI=1S/C16H15FO4/c1-20-13-6-2-4-11(8-13)9-21-10-12-5-3-7-14(15(12)17)16(18)19/h2-8H,9-10H2,1H3,(H,18,19). The lowest BCUT2D eigenvalue weighted by atomic mass is 10.1. The number of carboxylic acid groups (broad SMARTS) is 1. The molecule has 0 amide bonds. The quantitative estimate of drug-likeness (QED) is 0.887. The van der Waals surface area contributed by atoms with Crippen molar-refractivity contribution in [3.8, 4) is 5.75 Å². The number of rotatable bonds is 6. The average molecular weight is 290 g/mol. The van der Waals surface area contributed by atoms with Gasteiger partial charge < -0.3 is 14.6 Å². The van der Waals surface area contributed by atoms with Gasteiger partial charge in [0.1, 0.15) is 11.6 Å². The monoisotopic (exact) mass is 290 g/mol. The summed E-state index contributed by atoms with van der Waals surface area (Å²) in [5, 5.41) is 8.86. The van der Waals surface area contributed by atoms with Gasteiger partial charge in [-0.05, 0) is 23.8 Å². The first-order chi connectivity index (χ1) is 10.1. The lowest BCUT2D eigenvalue weighted by Gasteiger charge is -2.08. The molecule has 0 saturated carbocycles. The maximum Gasteiger partial charge on any atom is 0.338 e. The normalized spacial score (nSPS) is 10.4. The molecule has 4 nitrogen and oxygen atoms in total. The molecule has 110 valence electrons. The fraction of sp³-hybridized carbons (Fsp3) is 0.188. The van der Waals surface area contributed by atoms with Crippen molar-refractivity contribution in [1.29, 1.82) is 0 Å². The SMILES string of the molecule is COc1cccc(COCc2cccc(C(=O)O)c2F)c1. The molecule has 0 saturated heterocycles. The van der Waals surface area contributed by atoms with Crippen LogP contribution in [0.1, 0.15) is 21.5 Å². The van der Waals surface area contributed by atoms with E-state index in [0.717, 1.165) is 11.3 Å². The molecule has 0 aliphatic carbocycles. The van der Waals surface area contributed by atoms with Gasteiger partial charge in [0.05, 0.1) is 25.9 Å². The van der Waals surface area contributed by atoms with Crippen LogP contribution in [0.15, 0.2) is 42.5 Å². The number of carboxylic acids is 1. The lowest BCUT2D eigenvalue weighted by molar-refractivity contribution is 0.0689. The van der Waals surface area contributed by atoms with E-state index in [1.54, 1.807) is 7.11 Å². The molecule has 0 bridgehead atoms. The van der Waals surface area contributed by atoms with E-state index in [2.05, 4.69) is 0 Å². The van der Waals surface area contributed by atoms with Crippen LogP contribution in [0, 0.1) is 5.82 Å². The van der Waals surface area contributed by atoms with E-state index in [0.29, 0.717) is 0 Å². The number of methoxy groups -OCH3 is 1. The second-order valence-electron chi connectivity index (χ2n) is 4.43. The van der Waals surface area contributed by atoms with Crippen molar-refractivity contribution < 1.29 is 23.8 Å². The molecule has 0 radical (unpaired) electrons. The van der Waals surface area contributed by atoms with Gasteiger partial charge in [0.2, 0.25) is 0 Å². The van der Waals surface area contributed by atoms with Crippen molar-refractivity contribution in [3.63, 3.8) is 0 Å². The van der Waals surface area contributed by atoms with Crippen molar-refractivity contribution in [2.45, 2.75) is 13.2 Å². The zero-order chi connectivity index (χ0) is 15.2. The third-order valence-electron chi connectivity index (χ3n) is 2.97. The number of ether oxygens (including phenoxy) is 2. The number of carbonyl (C=O) groups is 1. The molecule has 5 heteroatoms. The summed E-state index contributed by atoms with van der Waals surface area (Å²) in [6.07, 6.45) is 0. The minimum Gasteiger partial charge on any atom is -0.497 e. The highest BCUT2D eigenvalue weighted by molar-refractivity contribution is 5.88. The summed E-state index contributed by atoms with van der Waals surface area (Å²) in [4.78, 5) is 10.8. The second-order valence-corrected chi connectivity index (χ2v) is 4.43. The Morgan fingerprint density at radius 3 is 2.67 bits per heavy atom. The smallest absolute Gasteiger partial charge is 0.338 e. The highest BCUT2D eigenvalue weighted by Gasteiger charge is 2.13. The largest absolute Gasteiger partial charge is 0.497 e. The minimum atomic E-state index is -1.29. The van der Waals surface area contributed by atoms with Gasteiger partial charge in [0, 0.05) is 5.56 Å². The van der Waals surface area contributed by atoms with Crippen molar-refractivity contribution in [2.75, 3.05) is 7.11 Å². The Hall–Kier alpha value is -2.40. The molecule has 0 heterocycles. The molecule has 2 aromatic carbocycles. The molecule has 0 fully saturated rings. The number of hydrogen-bond acceptors (Lipinski definition) is 3. The van der Waals surface area contributed by atoms with E-state index in [-0.39, 0.29) is 24.3 Å². The Balaban J connectivity index is 2.00. The third-order valence-corrected chi connectivity index (χ3v) is 2.97. The van der Waals surface area contributed by atoms with Gasteiger partial charge in [-0.2, -0.15) is 0 Å². The highest BCUT2D eigenvalue weighted by Crippen LogP contribution is 2.16. The molecule has 2 aromatic rings. The fourth-order valence-electron chi connectivity index (χ4n) is 1.90. The number of benzene rings is 2. The molecule has 2 rings (SSSR count). The van der Waals surface area contributed by atoms with Gasteiger partial charge in [-0.3, -0.25) is 0 Å². The minimum absolute atomic E-state index is 0.00413. The van der Waals surface area contributed by atoms with Gasteiger partial charge in [0.25, 0.3) is 0 Å². The van der Waals surface area contributed by atoms with Crippen molar-refractivity contribution >= 4 is 5.97 Å². The van der Waals surface area contributed by atoms with E-state index < -0.39 is 11.8 Å². The van der Waals surface area contributed by atoms with E-state index in [4.69, 9.17) is 14.6 Å². The molecule has 0 atom stereocenters. The molecular formula is C16H15FO4. The number of halogens is 1. The van der Waals surface area contributed by atoms with Crippen LogP contribution >= 0.6 is 0 Å². The Labute approximate surface area is 121 Å². The Morgan fingerprint density at radius 2 is 1.95 bits per heavy atom. The molecular weight excluding hydrogens is 275 g/mol. The summed E-state index contributed by atoms with van der Waals surface area (Å²) in [6.45, 7) is 0.290. The maximum atomic E-state index is 13.9. The summed E-state index contributed by atoms with van der Waals surface area (Å²) >= 11 is 0. The van der Waals surface area contributed by atoms with Crippen molar-refractivity contribution in [3.05, 3.63) is 65.0 Å². The Morgan fingerprint density at radius 1 is 1.19 bits per heavy atom. The number of aromatic carboxylic acids is 1. The molecule has 0 aliphatic rings. The molecule has 0 aromatic heterocycles. The first-order valence-corrected chi connectivity index (χ1v) is 6.33. The molecule has 0 unspecified atom stereocenters. The van der Waals surface area contributed by atoms with Crippen LogP contribution in [0.25, 0.3) is 0 Å². The zero-order valence-electron chi connectivity index (χ0n) is 11.5. The zero-order valence-corrected chi connectivity index (χ0v) is 11.5. The number of hydrogen-bond donors (Lipinski definition) is 1. The van der Waals surface area contributed by atoms with Gasteiger partial charge in [0.15, 0.2) is 0 Å². The topological polar surface area (TPSA) is 55.8 Å². The summed E-state index contributed by atoms with van der Waals surface area (Å²) in [7, 11) is 1.58. The summed E-state index contributed by atoms with van der Waals surface area (Å²) in [5.74, 6) is -1.33. The van der Waals surface area contributed by atoms with E-state index in [9.17, 15) is 9.18 Å². The molecule has 21 heavy (non-hydrogen) atoms. The van der Waals surface area contributed by atoms with E-state index in [1.165, 1.54) is 18.2 Å². The van der Waals surface area contributed by atoms with E-state index >= 15 is 0 Å². The van der Waals surface area contributed by atoms with Crippen molar-refractivity contribution in [2.24, 2.45) is 0 Å². The average Bonchev–Trinajstić information content (AvgIpc) is 2.49. The van der Waals surface area contributed by atoms with Crippen LogP contribution in [-0.2, 0) is 18.0 Å². The summed E-state index contributed by atoms with van der Waals surface area (Å²) in [5.41, 5.74) is 0.763. The predicted molar refractivity (Wildman–Crippen MR) is 74.8 cm³/mol. The van der Waals surface area contributed by atoms with Gasteiger partial charge in [-0.25, -0.2) is 9.18 Å². The van der Waals surface area contributed by atoms with E-state index in [1.807, 2.05) is 24.3 Å². The van der Waals surface area contributed by atoms with Gasteiger partial charge in [-0.1, -0.05) is 24.3 Å².